The molecule has 0 fully saturated rings. The molecule has 2 atom stereocenters. The van der Waals surface area contributed by atoms with Crippen LogP contribution in [-0.2, 0) is 6.42 Å². The van der Waals surface area contributed by atoms with Crippen LogP contribution in [0.2, 0.25) is 0 Å². The minimum atomic E-state index is -0.548. The monoisotopic (exact) mass is 228 g/mol. The zero-order chi connectivity index (χ0) is 11.8. The molecule has 0 saturated heterocycles. The molecule has 1 aliphatic rings. The minimum Gasteiger partial charge on any atom is -0.337 e. The molecule has 3 rings (SSSR count). The van der Waals surface area contributed by atoms with Crippen molar-refractivity contribution >= 4 is 0 Å². The molecule has 0 unspecified atom stereocenters. The van der Waals surface area contributed by atoms with Crippen molar-refractivity contribution in [1.82, 2.24) is 4.57 Å². The smallest absolute Gasteiger partial charge is 0.242 e. The third kappa shape index (κ3) is 1.53. The van der Waals surface area contributed by atoms with Crippen LogP contribution in [0.1, 0.15) is 17.3 Å². The van der Waals surface area contributed by atoms with E-state index in [0.717, 1.165) is 11.3 Å². The van der Waals surface area contributed by atoms with E-state index in [9.17, 15) is 10.1 Å². The molecule has 1 aliphatic heterocycles. The Balaban J connectivity index is 2.08. The summed E-state index contributed by atoms with van der Waals surface area (Å²) in [4.78, 5) is 11.0. The van der Waals surface area contributed by atoms with Crippen molar-refractivity contribution in [1.29, 1.82) is 0 Å². The first-order valence-corrected chi connectivity index (χ1v) is 5.61. The lowest BCUT2D eigenvalue weighted by atomic mass is 10.0. The minimum absolute atomic E-state index is 0.162. The van der Waals surface area contributed by atoms with Gasteiger partial charge in [0.15, 0.2) is 0 Å². The first-order valence-electron chi connectivity index (χ1n) is 5.61. The van der Waals surface area contributed by atoms with Crippen LogP contribution in [0.25, 0.3) is 0 Å². The largest absolute Gasteiger partial charge is 0.337 e. The summed E-state index contributed by atoms with van der Waals surface area (Å²) in [7, 11) is 0. The Kier molecular flexibility index (Phi) is 2.21. The predicted octanol–water partition coefficient (Wildman–Crippen LogP) is 2.28. The second-order valence-corrected chi connectivity index (χ2v) is 4.32. The van der Waals surface area contributed by atoms with Crippen LogP contribution in [0.15, 0.2) is 48.7 Å². The number of aromatic nitrogens is 1. The molecule has 0 saturated carbocycles. The standard InChI is InChI=1S/C13H12N2O2/c16-15(17)12-9-11-7-4-8-14(11)13(12)10-5-2-1-3-6-10/h1-8,12-13H,9H2/t12-,13-/m1/s1. The van der Waals surface area contributed by atoms with Gasteiger partial charge in [-0.3, -0.25) is 10.1 Å². The van der Waals surface area contributed by atoms with E-state index in [1.165, 1.54) is 0 Å². The molecule has 0 aliphatic carbocycles. The lowest BCUT2D eigenvalue weighted by Gasteiger charge is -2.16. The second kappa shape index (κ2) is 3.73. The lowest BCUT2D eigenvalue weighted by molar-refractivity contribution is -0.524. The molecule has 0 spiro atoms. The maximum absolute atomic E-state index is 11.1. The van der Waals surface area contributed by atoms with Gasteiger partial charge < -0.3 is 4.57 Å². The van der Waals surface area contributed by atoms with Crippen molar-refractivity contribution in [3.63, 3.8) is 0 Å². The Hall–Kier alpha value is -2.10. The quantitative estimate of drug-likeness (QED) is 0.584. The molecule has 17 heavy (non-hydrogen) atoms. The maximum Gasteiger partial charge on any atom is 0.242 e. The van der Waals surface area contributed by atoms with Crippen LogP contribution < -0.4 is 0 Å². The van der Waals surface area contributed by atoms with Gasteiger partial charge in [0, 0.05) is 16.8 Å². The van der Waals surface area contributed by atoms with Crippen LogP contribution in [0.5, 0.6) is 0 Å². The summed E-state index contributed by atoms with van der Waals surface area (Å²) in [6.07, 6.45) is 2.44. The van der Waals surface area contributed by atoms with Gasteiger partial charge in [-0.05, 0) is 17.7 Å². The number of rotatable bonds is 2. The second-order valence-electron chi connectivity index (χ2n) is 4.32. The zero-order valence-corrected chi connectivity index (χ0v) is 9.19. The van der Waals surface area contributed by atoms with Crippen LogP contribution in [0.3, 0.4) is 0 Å². The number of hydrogen-bond donors (Lipinski definition) is 0. The summed E-state index contributed by atoms with van der Waals surface area (Å²) < 4.78 is 2.02. The molecule has 0 amide bonds. The van der Waals surface area contributed by atoms with E-state index in [1.807, 2.05) is 53.2 Å². The Labute approximate surface area is 98.6 Å². The van der Waals surface area contributed by atoms with E-state index in [1.54, 1.807) is 0 Å². The summed E-state index contributed by atoms with van der Waals surface area (Å²) in [6.45, 7) is 0. The molecule has 0 radical (unpaired) electrons. The molecule has 2 heterocycles. The third-order valence-corrected chi connectivity index (χ3v) is 3.36. The van der Waals surface area contributed by atoms with Crippen LogP contribution in [-0.4, -0.2) is 15.5 Å². The van der Waals surface area contributed by atoms with Crippen molar-refractivity contribution in [2.75, 3.05) is 0 Å². The highest BCUT2D eigenvalue weighted by molar-refractivity contribution is 5.28. The van der Waals surface area contributed by atoms with Gasteiger partial charge in [0.2, 0.25) is 6.04 Å². The Morgan fingerprint density at radius 2 is 1.94 bits per heavy atom. The Bertz CT molecular complexity index is 548. The average Bonchev–Trinajstić information content (AvgIpc) is 2.89. The van der Waals surface area contributed by atoms with E-state index in [-0.39, 0.29) is 11.0 Å². The van der Waals surface area contributed by atoms with Gasteiger partial charge in [0.25, 0.3) is 0 Å². The molecule has 1 aromatic heterocycles. The molecule has 4 nitrogen and oxygen atoms in total. The van der Waals surface area contributed by atoms with E-state index >= 15 is 0 Å². The van der Waals surface area contributed by atoms with Crippen molar-refractivity contribution in [2.24, 2.45) is 0 Å². The van der Waals surface area contributed by atoms with Crippen LogP contribution >= 0.6 is 0 Å². The Morgan fingerprint density at radius 3 is 2.65 bits per heavy atom. The summed E-state index contributed by atoms with van der Waals surface area (Å²) >= 11 is 0. The molecule has 2 aromatic rings. The number of fused-ring (bicyclic) bond motifs is 1. The summed E-state index contributed by atoms with van der Waals surface area (Å²) in [6, 6.07) is 12.9. The predicted molar refractivity (Wildman–Crippen MR) is 63.5 cm³/mol. The van der Waals surface area contributed by atoms with Gasteiger partial charge in [-0.25, -0.2) is 0 Å². The molecule has 0 bridgehead atoms. The summed E-state index contributed by atoms with van der Waals surface area (Å²) in [5.74, 6) is 0. The van der Waals surface area contributed by atoms with E-state index in [2.05, 4.69) is 0 Å². The van der Waals surface area contributed by atoms with Gasteiger partial charge in [-0.2, -0.15) is 0 Å². The summed E-state index contributed by atoms with van der Waals surface area (Å²) in [5.41, 5.74) is 2.05. The van der Waals surface area contributed by atoms with Crippen molar-refractivity contribution in [2.45, 2.75) is 18.5 Å². The van der Waals surface area contributed by atoms with Crippen LogP contribution in [0, 0.1) is 10.1 Å². The van der Waals surface area contributed by atoms with Gasteiger partial charge >= 0.3 is 0 Å². The fourth-order valence-electron chi connectivity index (χ4n) is 2.61. The first kappa shape index (κ1) is 10.1. The van der Waals surface area contributed by atoms with E-state index in [0.29, 0.717) is 6.42 Å². The normalized spacial score (nSPS) is 22.4. The first-order chi connectivity index (χ1) is 8.27. The maximum atomic E-state index is 11.1. The van der Waals surface area contributed by atoms with Gasteiger partial charge in [-0.15, -0.1) is 0 Å². The molecule has 1 aromatic carbocycles. The lowest BCUT2D eigenvalue weighted by Crippen LogP contribution is -2.27. The highest BCUT2D eigenvalue weighted by Crippen LogP contribution is 2.33. The average molecular weight is 228 g/mol. The van der Waals surface area contributed by atoms with Crippen molar-refractivity contribution < 1.29 is 4.92 Å². The van der Waals surface area contributed by atoms with Gasteiger partial charge in [0.1, 0.15) is 6.04 Å². The van der Waals surface area contributed by atoms with Gasteiger partial charge in [0.05, 0.1) is 6.42 Å². The SMILES string of the molecule is O=[N+]([O-])[C@@H]1Cc2cccn2[C@@H]1c1ccccc1. The van der Waals surface area contributed by atoms with E-state index in [4.69, 9.17) is 0 Å². The van der Waals surface area contributed by atoms with Gasteiger partial charge in [-0.1, -0.05) is 30.3 Å². The topological polar surface area (TPSA) is 48.1 Å². The summed E-state index contributed by atoms with van der Waals surface area (Å²) in [5, 5.41) is 11.1. The molecule has 4 heteroatoms. The molecule has 86 valence electrons. The fourth-order valence-corrected chi connectivity index (χ4v) is 2.61. The van der Waals surface area contributed by atoms with Crippen LogP contribution in [0.4, 0.5) is 0 Å². The zero-order valence-electron chi connectivity index (χ0n) is 9.19. The number of nitrogens with zero attached hydrogens (tertiary/aromatic N) is 2. The van der Waals surface area contributed by atoms with Crippen molar-refractivity contribution in [3.8, 4) is 0 Å². The van der Waals surface area contributed by atoms with Crippen molar-refractivity contribution in [3.05, 3.63) is 70.0 Å². The highest BCUT2D eigenvalue weighted by atomic mass is 16.6. The number of hydrogen-bond acceptors (Lipinski definition) is 2. The Morgan fingerprint density at radius 1 is 1.18 bits per heavy atom. The third-order valence-electron chi connectivity index (χ3n) is 3.36. The molecular formula is C13H12N2O2. The number of nitro groups is 1. The molecule has 0 N–H and O–H groups in total. The highest BCUT2D eigenvalue weighted by Gasteiger charge is 2.40. The number of benzene rings is 1. The molecular weight excluding hydrogens is 216 g/mol. The fraction of sp³-hybridized carbons (Fsp3) is 0.231. The van der Waals surface area contributed by atoms with E-state index < -0.39 is 6.04 Å².